The molecule has 0 spiro atoms. The van der Waals surface area contributed by atoms with E-state index in [-0.39, 0.29) is 38.1 Å². The van der Waals surface area contributed by atoms with Crippen molar-refractivity contribution in [2.24, 2.45) is 5.16 Å². The number of halogens is 5. The van der Waals surface area contributed by atoms with E-state index in [4.69, 9.17) is 33.3 Å². The summed E-state index contributed by atoms with van der Waals surface area (Å²) in [5.41, 5.74) is -1.50. The predicted molar refractivity (Wildman–Crippen MR) is 137 cm³/mol. The molecule has 1 heterocycles. The summed E-state index contributed by atoms with van der Waals surface area (Å²) in [4.78, 5) is 17.6. The quantitative estimate of drug-likeness (QED) is 0.359. The summed E-state index contributed by atoms with van der Waals surface area (Å²) in [7, 11) is 0. The van der Waals surface area contributed by atoms with Gasteiger partial charge in [-0.1, -0.05) is 40.5 Å². The third-order valence-corrected chi connectivity index (χ3v) is 6.13. The normalized spacial score (nSPS) is 16.9. The molecule has 1 unspecified atom stereocenters. The number of carbonyl (C=O) groups is 1. The Morgan fingerprint density at radius 2 is 1.68 bits per heavy atom. The summed E-state index contributed by atoms with van der Waals surface area (Å²) in [5.74, 6) is -0.504. The number of benzene rings is 3. The van der Waals surface area contributed by atoms with Gasteiger partial charge in [-0.05, 0) is 66.2 Å². The Labute approximate surface area is 225 Å². The second kappa shape index (κ2) is 10.6. The van der Waals surface area contributed by atoms with Gasteiger partial charge >= 0.3 is 6.18 Å². The van der Waals surface area contributed by atoms with E-state index in [1.807, 2.05) is 12.1 Å². The van der Waals surface area contributed by atoms with Crippen molar-refractivity contribution in [2.45, 2.75) is 18.2 Å². The Bertz CT molecular complexity index is 1530. The largest absolute Gasteiger partial charge is 0.435 e. The lowest BCUT2D eigenvalue weighted by atomic mass is 9.88. The number of amides is 1. The first-order valence-electron chi connectivity index (χ1n) is 10.9. The van der Waals surface area contributed by atoms with Gasteiger partial charge in [0.15, 0.2) is 0 Å². The number of hydrogen-bond acceptors (Lipinski definition) is 5. The van der Waals surface area contributed by atoms with Gasteiger partial charge in [0, 0.05) is 27.6 Å². The highest BCUT2D eigenvalue weighted by Gasteiger charge is 2.62. The first-order chi connectivity index (χ1) is 18.0. The van der Waals surface area contributed by atoms with Crippen LogP contribution in [0.4, 0.5) is 18.9 Å². The van der Waals surface area contributed by atoms with Crippen molar-refractivity contribution in [3.8, 4) is 12.1 Å². The van der Waals surface area contributed by atoms with Gasteiger partial charge in [0.2, 0.25) is 0 Å². The predicted octanol–water partition coefficient (Wildman–Crippen LogP) is 7.24. The molecule has 0 saturated heterocycles. The van der Waals surface area contributed by atoms with Gasteiger partial charge in [-0.25, -0.2) is 0 Å². The SMILES string of the molecule is N#Cc1ccc(C(=O)Nc2cc(/C=C/C3=NOC(c4cc(Cl)cc(Cl)c4)(C(F)(F)F)C3)ccc2C#N)cc1. The van der Waals surface area contributed by atoms with E-state index in [0.717, 1.165) is 12.1 Å². The van der Waals surface area contributed by atoms with E-state index in [1.165, 1.54) is 54.6 Å². The Morgan fingerprint density at radius 3 is 2.29 bits per heavy atom. The number of rotatable bonds is 5. The highest BCUT2D eigenvalue weighted by atomic mass is 35.5. The Hall–Kier alpha value is -4.31. The number of oxime groups is 1. The van der Waals surface area contributed by atoms with Crippen molar-refractivity contribution in [3.05, 3.63) is 105 Å². The van der Waals surface area contributed by atoms with Gasteiger partial charge in [0.05, 0.1) is 28.6 Å². The molecule has 11 heteroatoms. The summed E-state index contributed by atoms with van der Waals surface area (Å²) in [6.45, 7) is 0. The molecule has 38 heavy (non-hydrogen) atoms. The zero-order chi connectivity index (χ0) is 27.5. The molecule has 0 aromatic heterocycles. The number of nitrogens with one attached hydrogen (secondary N) is 1. The van der Waals surface area contributed by atoms with Crippen molar-refractivity contribution in [2.75, 3.05) is 5.32 Å². The van der Waals surface area contributed by atoms with Crippen molar-refractivity contribution < 1.29 is 22.8 Å². The lowest BCUT2D eigenvalue weighted by Gasteiger charge is -2.29. The highest BCUT2D eigenvalue weighted by molar-refractivity contribution is 6.34. The first kappa shape index (κ1) is 26.7. The Kier molecular flexibility index (Phi) is 7.45. The molecule has 0 radical (unpaired) electrons. The maximum Gasteiger partial charge on any atom is 0.435 e. The molecule has 1 amide bonds. The van der Waals surface area contributed by atoms with E-state index in [0.29, 0.717) is 11.1 Å². The molecule has 0 bridgehead atoms. The minimum atomic E-state index is -4.82. The average molecular weight is 555 g/mol. The standard InChI is InChI=1S/C27H15Cl2F3N4O2/c28-21-10-20(11-22(29)12-21)26(27(30,31)32)13-23(36-38-26)8-4-16-1-7-19(15-34)24(9-16)35-25(37)18-5-2-17(14-33)3-6-18/h1-12H,13H2,(H,35,37)/b8-4+. The van der Waals surface area contributed by atoms with Gasteiger partial charge in [-0.3, -0.25) is 4.79 Å². The fourth-order valence-corrected chi connectivity index (χ4v) is 4.28. The molecule has 3 aromatic rings. The lowest BCUT2D eigenvalue weighted by molar-refractivity contribution is -0.275. The number of hydrogen-bond donors (Lipinski definition) is 1. The Balaban J connectivity index is 1.56. The van der Waals surface area contributed by atoms with Crippen LogP contribution in [-0.2, 0) is 10.4 Å². The lowest BCUT2D eigenvalue weighted by Crippen LogP contribution is -2.42. The third-order valence-electron chi connectivity index (χ3n) is 5.69. The van der Waals surface area contributed by atoms with Crippen LogP contribution in [0.25, 0.3) is 6.08 Å². The second-order valence-electron chi connectivity index (χ2n) is 8.23. The maximum atomic E-state index is 14.1. The minimum Gasteiger partial charge on any atom is -0.374 e. The van der Waals surface area contributed by atoms with Gasteiger partial charge < -0.3 is 10.2 Å². The molecule has 0 fully saturated rings. The van der Waals surface area contributed by atoms with E-state index in [1.54, 1.807) is 6.07 Å². The third kappa shape index (κ3) is 5.50. The van der Waals surface area contributed by atoms with E-state index < -0.39 is 24.1 Å². The molecule has 3 aromatic carbocycles. The minimum absolute atomic E-state index is 0.00551. The van der Waals surface area contributed by atoms with Crippen LogP contribution in [0.2, 0.25) is 10.0 Å². The van der Waals surface area contributed by atoms with Crippen molar-refractivity contribution >= 4 is 46.6 Å². The van der Waals surface area contributed by atoms with Gasteiger partial charge in [0.25, 0.3) is 11.5 Å². The molecular formula is C27H15Cl2F3N4O2. The average Bonchev–Trinajstić information content (AvgIpc) is 3.33. The molecule has 0 aliphatic carbocycles. The first-order valence-corrected chi connectivity index (χ1v) is 11.6. The number of carbonyl (C=O) groups excluding carboxylic acids is 1. The molecule has 1 aliphatic rings. The molecule has 6 nitrogen and oxygen atoms in total. The van der Waals surface area contributed by atoms with Gasteiger partial charge in [0.1, 0.15) is 6.07 Å². The van der Waals surface area contributed by atoms with Crippen LogP contribution in [0, 0.1) is 22.7 Å². The molecule has 1 aliphatic heterocycles. The molecule has 1 N–H and O–H groups in total. The summed E-state index contributed by atoms with van der Waals surface area (Å²) in [6.07, 6.45) is -2.61. The number of anilines is 1. The monoisotopic (exact) mass is 554 g/mol. The number of allylic oxidation sites excluding steroid dienone is 1. The molecular weight excluding hydrogens is 540 g/mol. The summed E-state index contributed by atoms with van der Waals surface area (Å²) >= 11 is 11.8. The van der Waals surface area contributed by atoms with Crippen LogP contribution in [0.1, 0.15) is 39.0 Å². The number of alkyl halides is 3. The van der Waals surface area contributed by atoms with Crippen molar-refractivity contribution in [1.29, 1.82) is 10.5 Å². The fourth-order valence-electron chi connectivity index (χ4n) is 3.75. The van der Waals surface area contributed by atoms with Crippen LogP contribution in [-0.4, -0.2) is 17.8 Å². The summed E-state index contributed by atoms with van der Waals surface area (Å²) in [5, 5.41) is 24.7. The van der Waals surface area contributed by atoms with Gasteiger partial charge in [-0.15, -0.1) is 0 Å². The van der Waals surface area contributed by atoms with Crippen LogP contribution in [0.3, 0.4) is 0 Å². The molecule has 4 rings (SSSR count). The zero-order valence-electron chi connectivity index (χ0n) is 19.2. The highest BCUT2D eigenvalue weighted by Crippen LogP contribution is 2.49. The van der Waals surface area contributed by atoms with E-state index in [9.17, 15) is 23.2 Å². The van der Waals surface area contributed by atoms with Crippen molar-refractivity contribution in [1.82, 2.24) is 0 Å². The second-order valence-corrected chi connectivity index (χ2v) is 9.10. The summed E-state index contributed by atoms with van der Waals surface area (Å²) < 4.78 is 42.4. The zero-order valence-corrected chi connectivity index (χ0v) is 20.7. The van der Waals surface area contributed by atoms with E-state index >= 15 is 0 Å². The summed E-state index contributed by atoms with van der Waals surface area (Å²) in [6, 6.07) is 18.0. The molecule has 0 saturated carbocycles. The van der Waals surface area contributed by atoms with E-state index in [2.05, 4.69) is 10.5 Å². The van der Waals surface area contributed by atoms with Crippen LogP contribution < -0.4 is 5.32 Å². The van der Waals surface area contributed by atoms with Crippen LogP contribution in [0.15, 0.2) is 71.9 Å². The molecule has 1 atom stereocenters. The molecule has 190 valence electrons. The van der Waals surface area contributed by atoms with Crippen LogP contribution in [0.5, 0.6) is 0 Å². The van der Waals surface area contributed by atoms with Crippen molar-refractivity contribution in [3.63, 3.8) is 0 Å². The number of nitriles is 2. The fraction of sp³-hybridized carbons (Fsp3) is 0.111. The van der Waals surface area contributed by atoms with Crippen LogP contribution >= 0.6 is 23.2 Å². The number of nitrogens with zero attached hydrogens (tertiary/aromatic N) is 3. The smallest absolute Gasteiger partial charge is 0.374 e. The maximum absolute atomic E-state index is 14.1. The topological polar surface area (TPSA) is 98.3 Å². The van der Waals surface area contributed by atoms with Gasteiger partial charge in [-0.2, -0.15) is 23.7 Å². The Morgan fingerprint density at radius 1 is 1.00 bits per heavy atom.